The molecule has 0 aromatic heterocycles. The summed E-state index contributed by atoms with van der Waals surface area (Å²) in [4.78, 5) is 25.0. The van der Waals surface area contributed by atoms with Crippen LogP contribution >= 0.6 is 0 Å². The molecule has 0 atom stereocenters. The van der Waals surface area contributed by atoms with Gasteiger partial charge in [0.05, 0.1) is 27.8 Å². The first-order chi connectivity index (χ1) is 15.2. The number of aryl methyl sites for hydroxylation is 1. The number of azo groups is 1. The van der Waals surface area contributed by atoms with Crippen LogP contribution in [-0.4, -0.2) is 15.9 Å². The monoisotopic (exact) mass is 403 g/mol. The topological polar surface area (TPSA) is 82.8 Å². The zero-order valence-corrected chi connectivity index (χ0v) is 16.8. The molecule has 6 nitrogen and oxygen atoms in total. The minimum atomic E-state index is -0.361. The average Bonchev–Trinajstić information content (AvgIpc) is 3.29. The third-order valence-corrected chi connectivity index (χ3v) is 5.71. The molecular formula is C25H17N5O. The van der Waals surface area contributed by atoms with Gasteiger partial charge in [0.25, 0.3) is 5.91 Å². The van der Waals surface area contributed by atoms with Crippen LogP contribution in [0.4, 0.5) is 5.69 Å². The Labute approximate surface area is 177 Å². The van der Waals surface area contributed by atoms with E-state index in [1.165, 1.54) is 0 Å². The number of H-pyrrole nitrogens is 1. The molecule has 0 unspecified atom stereocenters. The first-order valence-corrected chi connectivity index (χ1v) is 10.2. The minimum Gasteiger partial charge on any atom is -0.350 e. The molecule has 1 N–H and O–H groups in total. The number of fused-ring (bicyclic) bond motifs is 5. The third-order valence-electron chi connectivity index (χ3n) is 5.71. The fraction of sp³-hybridized carbons (Fsp3) is 0.0800. The van der Waals surface area contributed by atoms with Gasteiger partial charge in [-0.15, -0.1) is 10.2 Å². The maximum Gasteiger partial charge on any atom is 0.298 e. The minimum absolute atomic E-state index is 0.275. The summed E-state index contributed by atoms with van der Waals surface area (Å²) < 4.78 is 0. The molecule has 2 aliphatic heterocycles. The van der Waals surface area contributed by atoms with Crippen molar-refractivity contribution in [1.82, 2.24) is 9.97 Å². The molecule has 0 radical (unpaired) electrons. The highest BCUT2D eigenvalue weighted by Crippen LogP contribution is 2.43. The smallest absolute Gasteiger partial charge is 0.298 e. The molecule has 1 aliphatic carbocycles. The molecule has 2 heterocycles. The molecule has 3 aromatic carbocycles. The van der Waals surface area contributed by atoms with Gasteiger partial charge in [0.1, 0.15) is 5.69 Å². The van der Waals surface area contributed by atoms with Crippen LogP contribution in [-0.2, 0) is 11.2 Å². The fourth-order valence-electron chi connectivity index (χ4n) is 4.11. The van der Waals surface area contributed by atoms with Crippen LogP contribution in [0.5, 0.6) is 0 Å². The van der Waals surface area contributed by atoms with Crippen LogP contribution in [0.2, 0.25) is 0 Å². The van der Waals surface area contributed by atoms with Crippen LogP contribution in [0.25, 0.3) is 38.9 Å². The number of hydrogen-bond donors (Lipinski definition) is 1. The van der Waals surface area contributed by atoms with E-state index in [2.05, 4.69) is 27.1 Å². The van der Waals surface area contributed by atoms with Gasteiger partial charge in [0, 0.05) is 16.0 Å². The largest absolute Gasteiger partial charge is 0.350 e. The second-order valence-corrected chi connectivity index (χ2v) is 7.54. The number of aromatic nitrogens is 2. The molecule has 0 spiro atoms. The number of aromatic amines is 1. The molecule has 31 heavy (non-hydrogen) atoms. The normalized spacial score (nSPS) is 13.6. The van der Waals surface area contributed by atoms with Crippen molar-refractivity contribution < 1.29 is 4.79 Å². The molecule has 0 bridgehead atoms. The molecule has 1 amide bonds. The molecule has 148 valence electrons. The SMILES string of the molecule is CCc1ccc2c(c1)=C(N=Nc1c3[nH]c4ccccc4nc-3c3ccccc13)C(=O)N=2. The van der Waals surface area contributed by atoms with Crippen molar-refractivity contribution in [3.05, 3.63) is 82.9 Å². The summed E-state index contributed by atoms with van der Waals surface area (Å²) in [6, 6.07) is 21.7. The zero-order valence-electron chi connectivity index (χ0n) is 16.8. The molecule has 3 aromatic rings. The number of para-hydroxylation sites is 2. The Hall–Kier alpha value is -4.19. The molecule has 6 heteroatoms. The van der Waals surface area contributed by atoms with Gasteiger partial charge in [-0.25, -0.2) is 9.98 Å². The summed E-state index contributed by atoms with van der Waals surface area (Å²) in [7, 11) is 0. The summed E-state index contributed by atoms with van der Waals surface area (Å²) in [5, 5.41) is 12.3. The van der Waals surface area contributed by atoms with Gasteiger partial charge in [-0.1, -0.05) is 49.4 Å². The van der Waals surface area contributed by atoms with E-state index in [1.54, 1.807) is 0 Å². The predicted octanol–water partition coefficient (Wildman–Crippen LogP) is 4.44. The van der Waals surface area contributed by atoms with Crippen LogP contribution in [0.15, 0.2) is 82.0 Å². The Kier molecular flexibility index (Phi) is 3.80. The second-order valence-electron chi connectivity index (χ2n) is 7.54. The summed E-state index contributed by atoms with van der Waals surface area (Å²) in [6.07, 6.45) is 0.873. The van der Waals surface area contributed by atoms with E-state index in [0.717, 1.165) is 50.4 Å². The fourth-order valence-corrected chi connectivity index (χ4v) is 4.11. The van der Waals surface area contributed by atoms with Gasteiger partial charge >= 0.3 is 0 Å². The molecule has 0 saturated carbocycles. The summed E-state index contributed by atoms with van der Waals surface area (Å²) in [5.41, 5.74) is 5.51. The highest BCUT2D eigenvalue weighted by molar-refractivity contribution is 6.15. The number of benzene rings is 3. The van der Waals surface area contributed by atoms with Crippen molar-refractivity contribution in [2.45, 2.75) is 13.3 Å². The van der Waals surface area contributed by atoms with Crippen molar-refractivity contribution in [2.24, 2.45) is 15.2 Å². The van der Waals surface area contributed by atoms with E-state index >= 15 is 0 Å². The van der Waals surface area contributed by atoms with Gasteiger partial charge in [-0.2, -0.15) is 0 Å². The van der Waals surface area contributed by atoms with Crippen molar-refractivity contribution >= 4 is 39.1 Å². The third kappa shape index (κ3) is 2.69. The Morgan fingerprint density at radius 1 is 0.935 bits per heavy atom. The van der Waals surface area contributed by atoms with E-state index in [4.69, 9.17) is 4.98 Å². The van der Waals surface area contributed by atoms with Gasteiger partial charge in [-0.3, -0.25) is 4.79 Å². The number of amides is 1. The Bertz CT molecular complexity index is 1640. The maximum atomic E-state index is 12.5. The molecule has 0 saturated heterocycles. The standard InChI is InChI=1S/C25H17N5O/c1-2-14-11-12-18-17(13-14)23(25(31)28-18)30-29-22-16-8-4-3-7-15(16)21-24(22)27-20-10-6-5-9-19(20)26-21/h3-13,27H,2H2,1H3. The highest BCUT2D eigenvalue weighted by atomic mass is 16.1. The Morgan fingerprint density at radius 2 is 1.74 bits per heavy atom. The molecular weight excluding hydrogens is 386 g/mol. The lowest BCUT2D eigenvalue weighted by Gasteiger charge is -2.04. The Balaban J connectivity index is 1.61. The number of carbonyl (C=O) groups excluding carboxylic acids is 1. The number of carbonyl (C=O) groups is 1. The van der Waals surface area contributed by atoms with Crippen LogP contribution < -0.4 is 10.6 Å². The number of rotatable bonds is 3. The van der Waals surface area contributed by atoms with Crippen LogP contribution in [0, 0.1) is 0 Å². The lowest BCUT2D eigenvalue weighted by atomic mass is 10.1. The van der Waals surface area contributed by atoms with Crippen molar-refractivity contribution in [3.8, 4) is 11.4 Å². The second kappa shape index (κ2) is 6.67. The van der Waals surface area contributed by atoms with Gasteiger partial charge < -0.3 is 4.98 Å². The van der Waals surface area contributed by atoms with Crippen molar-refractivity contribution in [1.29, 1.82) is 0 Å². The van der Waals surface area contributed by atoms with E-state index < -0.39 is 0 Å². The quantitative estimate of drug-likeness (QED) is 0.452. The first kappa shape index (κ1) is 17.7. The average molecular weight is 403 g/mol. The van der Waals surface area contributed by atoms with Crippen molar-refractivity contribution in [3.63, 3.8) is 0 Å². The summed E-state index contributed by atoms with van der Waals surface area (Å²) in [5.74, 6) is -0.361. The molecule has 6 rings (SSSR count). The van der Waals surface area contributed by atoms with E-state index in [9.17, 15) is 4.79 Å². The lowest BCUT2D eigenvalue weighted by Crippen LogP contribution is -2.23. The summed E-state index contributed by atoms with van der Waals surface area (Å²) >= 11 is 0. The van der Waals surface area contributed by atoms with Crippen molar-refractivity contribution in [2.75, 3.05) is 0 Å². The number of nitrogens with zero attached hydrogens (tertiary/aromatic N) is 4. The maximum absolute atomic E-state index is 12.5. The van der Waals surface area contributed by atoms with Crippen LogP contribution in [0.1, 0.15) is 12.5 Å². The highest BCUT2D eigenvalue weighted by Gasteiger charge is 2.22. The molecule has 3 aliphatic rings. The first-order valence-electron chi connectivity index (χ1n) is 10.2. The number of nitrogens with one attached hydrogen (secondary N) is 1. The van der Waals surface area contributed by atoms with Gasteiger partial charge in [-0.05, 0) is 36.2 Å². The predicted molar refractivity (Wildman–Crippen MR) is 120 cm³/mol. The van der Waals surface area contributed by atoms with Gasteiger partial charge in [0.2, 0.25) is 0 Å². The van der Waals surface area contributed by atoms with E-state index in [-0.39, 0.29) is 11.6 Å². The van der Waals surface area contributed by atoms with Gasteiger partial charge in [0.15, 0.2) is 5.70 Å². The Morgan fingerprint density at radius 3 is 2.61 bits per heavy atom. The van der Waals surface area contributed by atoms with E-state index in [0.29, 0.717) is 11.0 Å². The summed E-state index contributed by atoms with van der Waals surface area (Å²) in [6.45, 7) is 2.08. The van der Waals surface area contributed by atoms with Crippen LogP contribution in [0.3, 0.4) is 0 Å². The van der Waals surface area contributed by atoms with E-state index in [1.807, 2.05) is 66.7 Å². The number of hydrogen-bond acceptors (Lipinski definition) is 4. The molecule has 0 fully saturated rings. The lowest BCUT2D eigenvalue weighted by molar-refractivity contribution is -0.112. The zero-order chi connectivity index (χ0) is 20.9.